The van der Waals surface area contributed by atoms with Crippen LogP contribution < -0.4 is 19.7 Å². The Hall–Kier alpha value is -3.47. The van der Waals surface area contributed by atoms with Crippen molar-refractivity contribution in [2.24, 2.45) is 0 Å². The Labute approximate surface area is 158 Å². The van der Waals surface area contributed by atoms with Crippen LogP contribution in [0.2, 0.25) is 0 Å². The van der Waals surface area contributed by atoms with Crippen LogP contribution >= 0.6 is 0 Å². The van der Waals surface area contributed by atoms with Crippen LogP contribution in [-0.4, -0.2) is 20.1 Å². The Balaban J connectivity index is 1.80. The van der Waals surface area contributed by atoms with Crippen molar-refractivity contribution in [2.45, 2.75) is 6.17 Å². The Bertz CT molecular complexity index is 952. The van der Waals surface area contributed by atoms with Crippen molar-refractivity contribution in [3.63, 3.8) is 0 Å². The summed E-state index contributed by atoms with van der Waals surface area (Å²) in [7, 11) is 3.26. The summed E-state index contributed by atoms with van der Waals surface area (Å²) in [4.78, 5) is 15.1. The topological polar surface area (TPSA) is 50.8 Å². The van der Waals surface area contributed by atoms with E-state index in [9.17, 15) is 4.79 Å². The van der Waals surface area contributed by atoms with Crippen molar-refractivity contribution in [1.82, 2.24) is 0 Å². The predicted octanol–water partition coefficient (Wildman–Crippen LogP) is 4.47. The second-order valence-electron chi connectivity index (χ2n) is 6.24. The molecule has 0 radical (unpaired) electrons. The highest BCUT2D eigenvalue weighted by Crippen LogP contribution is 2.37. The molecule has 136 valence electrons. The molecular formula is C22H20N2O3. The fourth-order valence-electron chi connectivity index (χ4n) is 3.28. The van der Waals surface area contributed by atoms with Gasteiger partial charge in [0.05, 0.1) is 19.8 Å². The maximum absolute atomic E-state index is 13.3. The predicted molar refractivity (Wildman–Crippen MR) is 106 cm³/mol. The third-order valence-electron chi connectivity index (χ3n) is 4.71. The molecule has 0 bridgehead atoms. The number of methoxy groups -OCH3 is 2. The van der Waals surface area contributed by atoms with Crippen molar-refractivity contribution in [3.8, 4) is 11.5 Å². The monoisotopic (exact) mass is 360 g/mol. The van der Waals surface area contributed by atoms with Crippen LogP contribution in [0.4, 0.5) is 11.4 Å². The van der Waals surface area contributed by atoms with E-state index in [0.29, 0.717) is 5.56 Å². The second kappa shape index (κ2) is 7.03. The number of hydrogen-bond acceptors (Lipinski definition) is 4. The molecule has 0 aliphatic carbocycles. The summed E-state index contributed by atoms with van der Waals surface area (Å²) in [5, 5.41) is 3.49. The maximum Gasteiger partial charge on any atom is 0.262 e. The van der Waals surface area contributed by atoms with Crippen molar-refractivity contribution in [1.29, 1.82) is 0 Å². The van der Waals surface area contributed by atoms with Gasteiger partial charge in [0.25, 0.3) is 5.91 Å². The summed E-state index contributed by atoms with van der Waals surface area (Å²) < 4.78 is 10.5. The zero-order valence-electron chi connectivity index (χ0n) is 15.2. The van der Waals surface area contributed by atoms with E-state index in [0.717, 1.165) is 28.4 Å². The molecule has 3 aromatic rings. The molecule has 1 N–H and O–H groups in total. The van der Waals surface area contributed by atoms with Crippen LogP contribution in [0.5, 0.6) is 11.5 Å². The van der Waals surface area contributed by atoms with Crippen LogP contribution in [0.25, 0.3) is 0 Å². The number of anilines is 2. The zero-order valence-corrected chi connectivity index (χ0v) is 15.2. The quantitative estimate of drug-likeness (QED) is 0.746. The van der Waals surface area contributed by atoms with Gasteiger partial charge < -0.3 is 14.8 Å². The fraction of sp³-hybridized carbons (Fsp3) is 0.136. The number of hydrogen-bond donors (Lipinski definition) is 1. The number of para-hydroxylation sites is 1. The molecule has 4 rings (SSSR count). The Kier molecular flexibility index (Phi) is 4.42. The van der Waals surface area contributed by atoms with E-state index in [4.69, 9.17) is 9.47 Å². The van der Waals surface area contributed by atoms with E-state index in [1.54, 1.807) is 19.1 Å². The molecule has 0 saturated carbocycles. The highest BCUT2D eigenvalue weighted by Gasteiger charge is 2.33. The molecular weight excluding hydrogens is 340 g/mol. The number of nitrogens with zero attached hydrogens (tertiary/aromatic N) is 1. The fourth-order valence-corrected chi connectivity index (χ4v) is 3.28. The van der Waals surface area contributed by atoms with E-state index in [2.05, 4.69) is 5.32 Å². The number of nitrogens with one attached hydrogen (secondary N) is 1. The first-order chi connectivity index (χ1) is 13.2. The highest BCUT2D eigenvalue weighted by atomic mass is 16.5. The van der Waals surface area contributed by atoms with Gasteiger partial charge in [0.2, 0.25) is 0 Å². The minimum atomic E-state index is -0.327. The van der Waals surface area contributed by atoms with E-state index in [1.807, 2.05) is 72.8 Å². The molecule has 0 saturated heterocycles. The third kappa shape index (κ3) is 3.08. The van der Waals surface area contributed by atoms with Gasteiger partial charge in [-0.05, 0) is 54.1 Å². The normalized spacial score (nSPS) is 15.7. The first-order valence-corrected chi connectivity index (χ1v) is 8.68. The van der Waals surface area contributed by atoms with E-state index < -0.39 is 0 Å². The van der Waals surface area contributed by atoms with Crippen LogP contribution in [0, 0.1) is 0 Å². The van der Waals surface area contributed by atoms with Gasteiger partial charge in [-0.1, -0.05) is 24.3 Å². The molecule has 3 aromatic carbocycles. The van der Waals surface area contributed by atoms with Gasteiger partial charge in [-0.25, -0.2) is 0 Å². The van der Waals surface area contributed by atoms with Gasteiger partial charge in [0.15, 0.2) is 0 Å². The van der Waals surface area contributed by atoms with Crippen LogP contribution in [0.3, 0.4) is 0 Å². The molecule has 1 unspecified atom stereocenters. The van der Waals surface area contributed by atoms with Gasteiger partial charge in [-0.2, -0.15) is 0 Å². The lowest BCUT2D eigenvalue weighted by Crippen LogP contribution is -2.43. The number of carbonyl (C=O) groups is 1. The van der Waals surface area contributed by atoms with Crippen LogP contribution in [-0.2, 0) is 0 Å². The van der Waals surface area contributed by atoms with Crippen LogP contribution in [0.1, 0.15) is 22.1 Å². The minimum Gasteiger partial charge on any atom is -0.497 e. The summed E-state index contributed by atoms with van der Waals surface area (Å²) >= 11 is 0. The molecule has 27 heavy (non-hydrogen) atoms. The molecule has 1 aliphatic rings. The van der Waals surface area contributed by atoms with E-state index in [1.165, 1.54) is 0 Å². The minimum absolute atomic E-state index is 0.0460. The molecule has 5 heteroatoms. The third-order valence-corrected chi connectivity index (χ3v) is 4.71. The molecule has 0 aromatic heterocycles. The number of fused-ring (bicyclic) bond motifs is 1. The highest BCUT2D eigenvalue weighted by molar-refractivity contribution is 6.12. The standard InChI is InChI=1S/C22H20N2O3/c1-26-17-11-7-15(8-12-17)21-23-20-6-4-3-5-19(20)22(25)24(21)16-9-13-18(27-2)14-10-16/h3-14,21,23H,1-2H3. The molecule has 1 atom stereocenters. The van der Waals surface area contributed by atoms with E-state index >= 15 is 0 Å². The number of benzene rings is 3. The summed E-state index contributed by atoms with van der Waals surface area (Å²) in [6.07, 6.45) is -0.327. The largest absolute Gasteiger partial charge is 0.497 e. The first kappa shape index (κ1) is 17.0. The molecule has 1 amide bonds. The number of ether oxygens (including phenoxy) is 2. The van der Waals surface area contributed by atoms with Gasteiger partial charge in [-0.3, -0.25) is 9.69 Å². The summed E-state index contributed by atoms with van der Waals surface area (Å²) in [5.41, 5.74) is 3.24. The molecule has 1 aliphatic heterocycles. The van der Waals surface area contributed by atoms with Crippen molar-refractivity contribution >= 4 is 17.3 Å². The zero-order chi connectivity index (χ0) is 18.8. The van der Waals surface area contributed by atoms with E-state index in [-0.39, 0.29) is 12.1 Å². The van der Waals surface area contributed by atoms with Crippen molar-refractivity contribution < 1.29 is 14.3 Å². The SMILES string of the molecule is COc1ccc(C2Nc3ccccc3C(=O)N2c2ccc(OC)cc2)cc1. The lowest BCUT2D eigenvalue weighted by Gasteiger charge is -2.38. The van der Waals surface area contributed by atoms with Gasteiger partial charge in [0.1, 0.15) is 17.7 Å². The maximum atomic E-state index is 13.3. The first-order valence-electron chi connectivity index (χ1n) is 8.68. The molecule has 0 fully saturated rings. The van der Waals surface area contributed by atoms with Gasteiger partial charge in [-0.15, -0.1) is 0 Å². The Morgan fingerprint density at radius 1 is 0.815 bits per heavy atom. The molecule has 1 heterocycles. The number of carbonyl (C=O) groups excluding carboxylic acids is 1. The van der Waals surface area contributed by atoms with Gasteiger partial charge >= 0.3 is 0 Å². The lowest BCUT2D eigenvalue weighted by atomic mass is 10.0. The average molecular weight is 360 g/mol. The molecule has 0 spiro atoms. The van der Waals surface area contributed by atoms with Gasteiger partial charge in [0, 0.05) is 11.4 Å². The number of rotatable bonds is 4. The lowest BCUT2D eigenvalue weighted by molar-refractivity contribution is 0.0975. The summed E-state index contributed by atoms with van der Waals surface area (Å²) in [6, 6.07) is 22.8. The number of amides is 1. The van der Waals surface area contributed by atoms with Crippen molar-refractivity contribution in [2.75, 3.05) is 24.4 Å². The summed E-state index contributed by atoms with van der Waals surface area (Å²) in [6.45, 7) is 0. The second-order valence-corrected chi connectivity index (χ2v) is 6.24. The smallest absolute Gasteiger partial charge is 0.262 e. The Morgan fingerprint density at radius 2 is 1.41 bits per heavy atom. The van der Waals surface area contributed by atoms with Crippen molar-refractivity contribution in [3.05, 3.63) is 83.9 Å². The Morgan fingerprint density at radius 3 is 2.04 bits per heavy atom. The van der Waals surface area contributed by atoms with Crippen LogP contribution in [0.15, 0.2) is 72.8 Å². The summed E-state index contributed by atoms with van der Waals surface area (Å²) in [5.74, 6) is 1.48. The molecule has 5 nitrogen and oxygen atoms in total. The average Bonchev–Trinajstić information content (AvgIpc) is 2.74.